The predicted octanol–water partition coefficient (Wildman–Crippen LogP) is 3.11. The average molecular weight is 210 g/mol. The van der Waals surface area contributed by atoms with E-state index in [9.17, 15) is 0 Å². The molecule has 0 aromatic heterocycles. The number of rotatable bonds is 1. The van der Waals surface area contributed by atoms with Crippen molar-refractivity contribution in [3.63, 3.8) is 0 Å². The molecule has 0 saturated carbocycles. The van der Waals surface area contributed by atoms with Gasteiger partial charge in [0.05, 0.1) is 0 Å². The average Bonchev–Trinajstić information content (AvgIpc) is 2.39. The van der Waals surface area contributed by atoms with Crippen LogP contribution < -0.4 is 5.32 Å². The van der Waals surface area contributed by atoms with Crippen LogP contribution in [0.1, 0.15) is 24.3 Å². The van der Waals surface area contributed by atoms with Crippen molar-refractivity contribution in [2.45, 2.75) is 18.8 Å². The smallest absolute Gasteiger partial charge is 0.00431 e. The van der Waals surface area contributed by atoms with Gasteiger partial charge in [-0.3, -0.25) is 0 Å². The molecule has 1 heteroatoms. The molecule has 1 aliphatic heterocycles. The number of benzene rings is 2. The third-order valence-corrected chi connectivity index (χ3v) is 3.52. The van der Waals surface area contributed by atoms with Crippen molar-refractivity contribution in [3.8, 4) is 0 Å². The van der Waals surface area contributed by atoms with E-state index in [4.69, 9.17) is 0 Å². The molecular weight excluding hydrogens is 194 g/mol. The van der Waals surface area contributed by atoms with Crippen LogP contribution in [-0.2, 0) is 0 Å². The van der Waals surface area contributed by atoms with Gasteiger partial charge in [-0.05, 0) is 60.3 Å². The molecule has 1 heterocycles. The van der Waals surface area contributed by atoms with Crippen molar-refractivity contribution in [1.82, 2.24) is 5.32 Å². The summed E-state index contributed by atoms with van der Waals surface area (Å²) in [6.07, 6.45) is 2.54. The summed E-state index contributed by atoms with van der Waals surface area (Å²) >= 11 is 0. The van der Waals surface area contributed by atoms with Gasteiger partial charge < -0.3 is 5.32 Å². The Hall–Kier alpha value is -1.34. The van der Waals surface area contributed by atoms with E-state index in [0.29, 0.717) is 0 Å². The maximum absolute atomic E-state index is 3.42. The van der Waals surface area contributed by atoms with Crippen molar-refractivity contribution in [2.75, 3.05) is 13.1 Å². The van der Waals surface area contributed by atoms with Crippen LogP contribution in [0, 0.1) is 6.07 Å². The van der Waals surface area contributed by atoms with E-state index in [2.05, 4.69) is 41.7 Å². The summed E-state index contributed by atoms with van der Waals surface area (Å²) in [6.45, 7) is 2.32. The van der Waals surface area contributed by atoms with E-state index in [0.717, 1.165) is 19.0 Å². The zero-order valence-corrected chi connectivity index (χ0v) is 9.37. The highest BCUT2D eigenvalue weighted by Crippen LogP contribution is 2.27. The Morgan fingerprint density at radius 2 is 1.94 bits per heavy atom. The first kappa shape index (κ1) is 9.86. The molecular formula is C15H16N. The number of fused-ring (bicyclic) bond motifs is 1. The fourth-order valence-electron chi connectivity index (χ4n) is 2.55. The molecule has 1 fully saturated rings. The van der Waals surface area contributed by atoms with Gasteiger partial charge in [0, 0.05) is 0 Å². The summed E-state index contributed by atoms with van der Waals surface area (Å²) in [6, 6.07) is 16.2. The molecule has 0 unspecified atom stereocenters. The Balaban J connectivity index is 1.97. The standard InChI is InChI=1S/C15H16N/c1-2-4-14-11-15(6-5-12(14)3-1)13-7-9-16-10-8-13/h2-6,11,13,16H,7-10H2. The lowest BCUT2D eigenvalue weighted by Gasteiger charge is -2.23. The number of hydrogen-bond acceptors (Lipinski definition) is 1. The number of piperidine rings is 1. The number of nitrogens with one attached hydrogen (secondary N) is 1. The molecule has 0 aliphatic carbocycles. The Morgan fingerprint density at radius 3 is 2.81 bits per heavy atom. The maximum Gasteiger partial charge on any atom is -0.00431 e. The second-order valence-electron chi connectivity index (χ2n) is 4.56. The predicted molar refractivity (Wildman–Crippen MR) is 67.6 cm³/mol. The molecule has 0 atom stereocenters. The minimum absolute atomic E-state index is 0.745. The van der Waals surface area contributed by atoms with Gasteiger partial charge in [0.25, 0.3) is 0 Å². The van der Waals surface area contributed by atoms with Crippen LogP contribution in [0.2, 0.25) is 0 Å². The Kier molecular flexibility index (Phi) is 2.63. The maximum atomic E-state index is 3.42. The molecule has 3 rings (SSSR count). The second-order valence-corrected chi connectivity index (χ2v) is 4.56. The van der Waals surface area contributed by atoms with Gasteiger partial charge in [-0.2, -0.15) is 0 Å². The lowest BCUT2D eigenvalue weighted by Crippen LogP contribution is -2.26. The second kappa shape index (κ2) is 4.26. The summed E-state index contributed by atoms with van der Waals surface area (Å²) in [7, 11) is 0. The third-order valence-electron chi connectivity index (χ3n) is 3.52. The molecule has 81 valence electrons. The van der Waals surface area contributed by atoms with Gasteiger partial charge in [-0.1, -0.05) is 30.3 Å². The van der Waals surface area contributed by atoms with Crippen LogP contribution in [0.3, 0.4) is 0 Å². The van der Waals surface area contributed by atoms with Gasteiger partial charge in [0.1, 0.15) is 0 Å². The molecule has 1 N–H and O–H groups in total. The first-order valence-electron chi connectivity index (χ1n) is 6.04. The molecule has 0 amide bonds. The van der Waals surface area contributed by atoms with Crippen molar-refractivity contribution >= 4 is 10.8 Å². The molecule has 16 heavy (non-hydrogen) atoms. The van der Waals surface area contributed by atoms with E-state index in [-0.39, 0.29) is 0 Å². The van der Waals surface area contributed by atoms with Crippen LogP contribution >= 0.6 is 0 Å². The molecule has 2 aromatic rings. The van der Waals surface area contributed by atoms with E-state index in [1.54, 1.807) is 0 Å². The molecule has 0 bridgehead atoms. The molecule has 1 radical (unpaired) electrons. The normalized spacial score (nSPS) is 17.8. The summed E-state index contributed by atoms with van der Waals surface area (Å²) in [5.74, 6) is 0.745. The van der Waals surface area contributed by atoms with Crippen LogP contribution in [0.4, 0.5) is 0 Å². The van der Waals surface area contributed by atoms with Crippen molar-refractivity contribution in [2.24, 2.45) is 0 Å². The minimum Gasteiger partial charge on any atom is -0.317 e. The van der Waals surface area contributed by atoms with Gasteiger partial charge in [-0.15, -0.1) is 0 Å². The molecule has 0 spiro atoms. The first-order valence-corrected chi connectivity index (χ1v) is 6.04. The molecule has 1 saturated heterocycles. The highest BCUT2D eigenvalue weighted by Gasteiger charge is 2.14. The monoisotopic (exact) mass is 210 g/mol. The summed E-state index contributed by atoms with van der Waals surface area (Å²) in [5, 5.41) is 6.05. The lowest BCUT2D eigenvalue weighted by molar-refractivity contribution is 0.460. The van der Waals surface area contributed by atoms with Crippen molar-refractivity contribution < 1.29 is 0 Å². The molecule has 1 nitrogen and oxygen atoms in total. The highest BCUT2D eigenvalue weighted by atomic mass is 14.9. The lowest BCUT2D eigenvalue weighted by atomic mass is 9.89. The quantitative estimate of drug-likeness (QED) is 0.762. The SMILES string of the molecule is [c]1ccc2cc(C3CCNCC3)ccc2c1. The molecule has 1 aliphatic rings. The van der Waals surface area contributed by atoms with Gasteiger partial charge in [-0.25, -0.2) is 0 Å². The van der Waals surface area contributed by atoms with Gasteiger partial charge in [0.15, 0.2) is 0 Å². The fourth-order valence-corrected chi connectivity index (χ4v) is 2.55. The Labute approximate surface area is 96.5 Å². The summed E-state index contributed by atoms with van der Waals surface area (Å²) < 4.78 is 0. The van der Waals surface area contributed by atoms with Crippen LogP contribution in [0.25, 0.3) is 10.8 Å². The van der Waals surface area contributed by atoms with Crippen molar-refractivity contribution in [3.05, 3.63) is 48.0 Å². The Morgan fingerprint density at radius 1 is 1.06 bits per heavy atom. The highest BCUT2D eigenvalue weighted by molar-refractivity contribution is 5.82. The van der Waals surface area contributed by atoms with E-state index < -0.39 is 0 Å². The topological polar surface area (TPSA) is 12.0 Å². The fraction of sp³-hybridized carbons (Fsp3) is 0.333. The van der Waals surface area contributed by atoms with Crippen LogP contribution in [0.15, 0.2) is 36.4 Å². The number of hydrogen-bond donors (Lipinski definition) is 1. The summed E-state index contributed by atoms with van der Waals surface area (Å²) in [4.78, 5) is 0. The zero-order valence-electron chi connectivity index (χ0n) is 9.37. The van der Waals surface area contributed by atoms with Gasteiger partial charge in [0.2, 0.25) is 0 Å². The Bertz CT molecular complexity index is 484. The van der Waals surface area contributed by atoms with Crippen LogP contribution in [-0.4, -0.2) is 13.1 Å². The van der Waals surface area contributed by atoms with Crippen molar-refractivity contribution in [1.29, 1.82) is 0 Å². The van der Waals surface area contributed by atoms with Gasteiger partial charge >= 0.3 is 0 Å². The van der Waals surface area contributed by atoms with E-state index >= 15 is 0 Å². The first-order chi connectivity index (χ1) is 7.93. The van der Waals surface area contributed by atoms with E-state index in [1.165, 1.54) is 29.2 Å². The van der Waals surface area contributed by atoms with E-state index in [1.807, 2.05) is 6.07 Å². The molecule has 2 aromatic carbocycles. The minimum atomic E-state index is 0.745. The van der Waals surface area contributed by atoms with Crippen LogP contribution in [0.5, 0.6) is 0 Å². The zero-order chi connectivity index (χ0) is 10.8. The largest absolute Gasteiger partial charge is 0.317 e. The third kappa shape index (κ3) is 1.83. The summed E-state index contributed by atoms with van der Waals surface area (Å²) in [5.41, 5.74) is 1.50.